The van der Waals surface area contributed by atoms with Gasteiger partial charge >= 0.3 is 0 Å². The summed E-state index contributed by atoms with van der Waals surface area (Å²) < 4.78 is 5.61. The third-order valence-corrected chi connectivity index (χ3v) is 4.58. The van der Waals surface area contributed by atoms with Crippen molar-refractivity contribution in [2.45, 2.75) is 45.1 Å². The maximum Gasteiger partial charge on any atom is 0.119 e. The number of likely N-dealkylation sites (N-methyl/N-ethyl adjacent to an activating group) is 1. The highest BCUT2D eigenvalue weighted by Crippen LogP contribution is 2.28. The number of rotatable bonds is 7. The summed E-state index contributed by atoms with van der Waals surface area (Å²) in [6, 6.07) is 8.67. The van der Waals surface area contributed by atoms with Gasteiger partial charge in [-0.1, -0.05) is 31.4 Å². The third-order valence-electron chi connectivity index (χ3n) is 4.58. The Hall–Kier alpha value is -1.06. The Morgan fingerprint density at radius 1 is 1.29 bits per heavy atom. The number of ether oxygens (including phenoxy) is 1. The lowest BCUT2D eigenvalue weighted by Gasteiger charge is -2.32. The van der Waals surface area contributed by atoms with Crippen molar-refractivity contribution in [1.82, 2.24) is 4.90 Å². The molecule has 1 unspecified atom stereocenters. The predicted octanol–water partition coefficient (Wildman–Crippen LogP) is 3.60. The zero-order valence-corrected chi connectivity index (χ0v) is 13.6. The van der Waals surface area contributed by atoms with Gasteiger partial charge in [-0.25, -0.2) is 0 Å². The molecule has 1 aromatic carbocycles. The Bertz CT molecular complexity index is 415. The van der Waals surface area contributed by atoms with Crippen molar-refractivity contribution in [2.75, 3.05) is 26.7 Å². The van der Waals surface area contributed by atoms with Gasteiger partial charge in [0.25, 0.3) is 0 Å². The summed E-state index contributed by atoms with van der Waals surface area (Å²) in [6.07, 6.45) is 6.95. The van der Waals surface area contributed by atoms with Crippen molar-refractivity contribution in [1.29, 1.82) is 0 Å². The van der Waals surface area contributed by atoms with E-state index in [9.17, 15) is 0 Å². The summed E-state index contributed by atoms with van der Waals surface area (Å²) in [6.45, 7) is 4.52. The summed E-state index contributed by atoms with van der Waals surface area (Å²) >= 11 is 0. The zero-order chi connectivity index (χ0) is 15.1. The minimum absolute atomic E-state index is 0.285. The molecule has 0 amide bonds. The first kappa shape index (κ1) is 16.3. The van der Waals surface area contributed by atoms with Crippen molar-refractivity contribution in [3.05, 3.63) is 29.8 Å². The molecule has 3 heteroatoms. The van der Waals surface area contributed by atoms with Gasteiger partial charge in [0.1, 0.15) is 5.75 Å². The lowest BCUT2D eigenvalue weighted by molar-refractivity contribution is 0.185. The topological polar surface area (TPSA) is 38.5 Å². The number of benzene rings is 1. The summed E-state index contributed by atoms with van der Waals surface area (Å²) in [7, 11) is 2.21. The molecule has 21 heavy (non-hydrogen) atoms. The maximum absolute atomic E-state index is 6.05. The first-order chi connectivity index (χ1) is 10.2. The van der Waals surface area contributed by atoms with Crippen LogP contribution in [0.5, 0.6) is 5.75 Å². The van der Waals surface area contributed by atoms with E-state index in [1.54, 1.807) is 0 Å². The van der Waals surface area contributed by atoms with Gasteiger partial charge in [0.05, 0.1) is 6.61 Å². The van der Waals surface area contributed by atoms with Crippen LogP contribution in [0.1, 0.15) is 50.6 Å². The van der Waals surface area contributed by atoms with Gasteiger partial charge in [-0.15, -0.1) is 0 Å². The van der Waals surface area contributed by atoms with E-state index in [1.165, 1.54) is 37.7 Å². The Morgan fingerprint density at radius 3 is 2.71 bits per heavy atom. The quantitative estimate of drug-likeness (QED) is 0.834. The molecule has 3 nitrogen and oxygen atoms in total. The fourth-order valence-electron chi connectivity index (χ4n) is 3.45. The molecule has 2 N–H and O–H groups in total. The van der Waals surface area contributed by atoms with Gasteiger partial charge < -0.3 is 10.5 Å². The lowest BCUT2D eigenvalue weighted by Crippen LogP contribution is -2.34. The fraction of sp³-hybridized carbons (Fsp3) is 0.667. The minimum atomic E-state index is 0.285. The maximum atomic E-state index is 6.05. The summed E-state index contributed by atoms with van der Waals surface area (Å²) in [5, 5.41) is 0. The predicted molar refractivity (Wildman–Crippen MR) is 88.6 cm³/mol. The molecule has 0 radical (unpaired) electrons. The van der Waals surface area contributed by atoms with E-state index in [2.05, 4.69) is 30.1 Å². The third kappa shape index (κ3) is 4.72. The summed E-state index contributed by atoms with van der Waals surface area (Å²) in [5.74, 6) is 1.78. The van der Waals surface area contributed by atoms with E-state index >= 15 is 0 Å². The molecular formula is C18H30N2O. The fourth-order valence-corrected chi connectivity index (χ4v) is 3.45. The van der Waals surface area contributed by atoms with Crippen LogP contribution in [-0.4, -0.2) is 31.6 Å². The van der Waals surface area contributed by atoms with Crippen LogP contribution in [0.4, 0.5) is 0 Å². The van der Waals surface area contributed by atoms with E-state index in [0.29, 0.717) is 13.2 Å². The molecule has 0 aliphatic heterocycles. The minimum Gasteiger partial charge on any atom is -0.494 e. The number of nitrogens with two attached hydrogens (primary N) is 1. The highest BCUT2D eigenvalue weighted by atomic mass is 16.5. The van der Waals surface area contributed by atoms with Crippen molar-refractivity contribution in [2.24, 2.45) is 11.7 Å². The van der Waals surface area contributed by atoms with Crippen LogP contribution in [0.3, 0.4) is 0 Å². The van der Waals surface area contributed by atoms with Gasteiger partial charge in [-0.2, -0.15) is 0 Å². The van der Waals surface area contributed by atoms with Crippen LogP contribution in [0.15, 0.2) is 24.3 Å². The number of hydrogen-bond donors (Lipinski definition) is 1. The van der Waals surface area contributed by atoms with E-state index in [4.69, 9.17) is 10.5 Å². The molecule has 0 spiro atoms. The molecule has 118 valence electrons. The second kappa shape index (κ2) is 8.40. The highest BCUT2D eigenvalue weighted by Gasteiger charge is 2.21. The van der Waals surface area contributed by atoms with Crippen LogP contribution in [0.2, 0.25) is 0 Å². The summed E-state index contributed by atoms with van der Waals surface area (Å²) in [4.78, 5) is 2.43. The molecule has 0 heterocycles. The van der Waals surface area contributed by atoms with E-state index in [1.807, 2.05) is 13.0 Å². The highest BCUT2D eigenvalue weighted by molar-refractivity contribution is 5.30. The molecule has 2 rings (SSSR count). The van der Waals surface area contributed by atoms with Crippen LogP contribution in [-0.2, 0) is 0 Å². The van der Waals surface area contributed by atoms with Crippen molar-refractivity contribution in [3.8, 4) is 5.75 Å². The molecule has 1 atom stereocenters. The smallest absolute Gasteiger partial charge is 0.119 e. The Balaban J connectivity index is 2.01. The molecule has 1 aromatic rings. The molecule has 0 saturated heterocycles. The van der Waals surface area contributed by atoms with Gasteiger partial charge in [-0.05, 0) is 50.4 Å². The number of hydrogen-bond acceptors (Lipinski definition) is 3. The lowest BCUT2D eigenvalue weighted by atomic mass is 9.88. The standard InChI is InChI=1S/C18H30N2O/c1-3-21-17-11-7-10-16(12-17)18(13-19)20(2)14-15-8-5-4-6-9-15/h7,10-12,15,18H,3-6,8-9,13-14,19H2,1-2H3. The molecular weight excluding hydrogens is 260 g/mol. The molecule has 1 fully saturated rings. The molecule has 1 aliphatic rings. The molecule has 1 saturated carbocycles. The molecule has 0 bridgehead atoms. The first-order valence-corrected chi connectivity index (χ1v) is 8.37. The van der Waals surface area contributed by atoms with Crippen LogP contribution < -0.4 is 10.5 Å². The average molecular weight is 290 g/mol. The van der Waals surface area contributed by atoms with Gasteiger partial charge in [0.15, 0.2) is 0 Å². The van der Waals surface area contributed by atoms with Gasteiger partial charge in [-0.3, -0.25) is 4.90 Å². The average Bonchev–Trinajstić information content (AvgIpc) is 2.50. The van der Waals surface area contributed by atoms with Crippen LogP contribution in [0.25, 0.3) is 0 Å². The second-order valence-corrected chi connectivity index (χ2v) is 6.20. The molecule has 1 aliphatic carbocycles. The van der Waals surface area contributed by atoms with Gasteiger partial charge in [0, 0.05) is 19.1 Å². The second-order valence-electron chi connectivity index (χ2n) is 6.20. The zero-order valence-electron chi connectivity index (χ0n) is 13.6. The van der Waals surface area contributed by atoms with Crippen LogP contribution in [0, 0.1) is 5.92 Å². The normalized spacial score (nSPS) is 17.9. The van der Waals surface area contributed by atoms with Crippen molar-refractivity contribution < 1.29 is 4.74 Å². The van der Waals surface area contributed by atoms with Crippen molar-refractivity contribution >= 4 is 0 Å². The van der Waals surface area contributed by atoms with Crippen molar-refractivity contribution in [3.63, 3.8) is 0 Å². The Morgan fingerprint density at radius 2 is 2.05 bits per heavy atom. The Labute approximate surface area is 129 Å². The SMILES string of the molecule is CCOc1cccc(C(CN)N(C)CC2CCCCC2)c1. The first-order valence-electron chi connectivity index (χ1n) is 8.37. The largest absolute Gasteiger partial charge is 0.494 e. The number of nitrogens with zero attached hydrogens (tertiary/aromatic N) is 1. The summed E-state index contributed by atoms with van der Waals surface area (Å²) in [5.41, 5.74) is 7.32. The Kier molecular flexibility index (Phi) is 6.52. The van der Waals surface area contributed by atoms with E-state index in [-0.39, 0.29) is 6.04 Å². The monoisotopic (exact) mass is 290 g/mol. The van der Waals surface area contributed by atoms with Crippen LogP contribution >= 0.6 is 0 Å². The van der Waals surface area contributed by atoms with Gasteiger partial charge in [0.2, 0.25) is 0 Å². The van der Waals surface area contributed by atoms with E-state index < -0.39 is 0 Å². The van der Waals surface area contributed by atoms with E-state index in [0.717, 1.165) is 18.2 Å². The molecule has 0 aromatic heterocycles.